The van der Waals surface area contributed by atoms with E-state index >= 15 is 0 Å². The maximum absolute atomic E-state index is 12.5. The molecule has 0 radical (unpaired) electrons. The smallest absolute Gasteiger partial charge is 0.254 e. The van der Waals surface area contributed by atoms with Crippen LogP contribution >= 0.6 is 38.5 Å². The lowest BCUT2D eigenvalue weighted by Gasteiger charge is -2.28. The largest absolute Gasteiger partial charge is 0.340 e. The van der Waals surface area contributed by atoms with Crippen LogP contribution in [-0.4, -0.2) is 37.0 Å². The van der Waals surface area contributed by atoms with Gasteiger partial charge in [0.15, 0.2) is 0 Å². The van der Waals surface area contributed by atoms with Gasteiger partial charge in [0, 0.05) is 27.7 Å². The summed E-state index contributed by atoms with van der Waals surface area (Å²) < 4.78 is 1.94. The van der Waals surface area contributed by atoms with Gasteiger partial charge in [-0.3, -0.25) is 4.79 Å². The summed E-state index contributed by atoms with van der Waals surface area (Å²) in [6.07, 6.45) is 3.67. The molecule has 104 valence electrons. The Bertz CT molecular complexity index is 461. The topological polar surface area (TPSA) is 32.3 Å². The number of hydrogen-bond donors (Lipinski definition) is 1. The summed E-state index contributed by atoms with van der Waals surface area (Å²) in [5.74, 6) is 0.0954. The number of piperidine rings is 1. The third kappa shape index (κ3) is 4.16. The molecule has 1 aromatic carbocycles. The summed E-state index contributed by atoms with van der Waals surface area (Å²) >= 11 is 5.64. The highest BCUT2D eigenvalue weighted by molar-refractivity contribution is 14.1. The van der Waals surface area contributed by atoms with Crippen LogP contribution in [0.15, 0.2) is 22.7 Å². The number of likely N-dealkylation sites (N-methyl/N-ethyl adjacent to an activating group) is 1. The summed E-state index contributed by atoms with van der Waals surface area (Å²) in [5, 5.41) is 3.48. The maximum Gasteiger partial charge on any atom is 0.254 e. The Labute approximate surface area is 136 Å². The van der Waals surface area contributed by atoms with Gasteiger partial charge in [0.1, 0.15) is 0 Å². The van der Waals surface area contributed by atoms with Crippen LogP contribution in [0.5, 0.6) is 0 Å². The van der Waals surface area contributed by atoms with Gasteiger partial charge in [-0.25, -0.2) is 0 Å². The first-order valence-corrected chi connectivity index (χ1v) is 8.39. The SMILES string of the molecule is CN(CC1CCCCN1)C(=O)c1cc(Br)ccc1I. The third-order valence-electron chi connectivity index (χ3n) is 3.41. The lowest BCUT2D eigenvalue weighted by molar-refractivity contribution is 0.0774. The molecule has 1 aliphatic heterocycles. The average Bonchev–Trinajstić information content (AvgIpc) is 2.42. The Morgan fingerprint density at radius 3 is 3.00 bits per heavy atom. The first-order valence-electron chi connectivity index (χ1n) is 6.52. The predicted octanol–water partition coefficient (Wildman–Crippen LogP) is 3.27. The fraction of sp³-hybridized carbons (Fsp3) is 0.500. The maximum atomic E-state index is 12.5. The molecule has 1 aliphatic rings. The van der Waals surface area contributed by atoms with Gasteiger partial charge in [-0.2, -0.15) is 0 Å². The normalized spacial score (nSPS) is 19.2. The van der Waals surface area contributed by atoms with Crippen LogP contribution in [0.4, 0.5) is 0 Å². The second kappa shape index (κ2) is 7.04. The third-order valence-corrected chi connectivity index (χ3v) is 4.85. The summed E-state index contributed by atoms with van der Waals surface area (Å²) in [6.45, 7) is 1.85. The molecule has 1 saturated heterocycles. The van der Waals surface area contributed by atoms with E-state index in [4.69, 9.17) is 0 Å². The zero-order chi connectivity index (χ0) is 13.8. The molecule has 1 atom stereocenters. The number of halogens is 2. The molecule has 1 heterocycles. The number of carbonyl (C=O) groups excluding carboxylic acids is 1. The van der Waals surface area contributed by atoms with E-state index in [1.807, 2.05) is 30.1 Å². The average molecular weight is 437 g/mol. The number of carbonyl (C=O) groups is 1. The first kappa shape index (κ1) is 15.3. The van der Waals surface area contributed by atoms with Crippen LogP contribution in [0.1, 0.15) is 29.6 Å². The zero-order valence-corrected chi connectivity index (χ0v) is 14.7. The minimum atomic E-state index is 0.0954. The summed E-state index contributed by atoms with van der Waals surface area (Å²) in [6, 6.07) is 6.26. The molecule has 1 N–H and O–H groups in total. The van der Waals surface area contributed by atoms with Gasteiger partial charge in [-0.05, 0) is 60.2 Å². The number of amides is 1. The van der Waals surface area contributed by atoms with Crippen molar-refractivity contribution < 1.29 is 4.79 Å². The minimum Gasteiger partial charge on any atom is -0.340 e. The van der Waals surface area contributed by atoms with Gasteiger partial charge >= 0.3 is 0 Å². The van der Waals surface area contributed by atoms with Gasteiger partial charge in [0.25, 0.3) is 5.91 Å². The van der Waals surface area contributed by atoms with Crippen LogP contribution in [0, 0.1) is 3.57 Å². The molecule has 1 unspecified atom stereocenters. The van der Waals surface area contributed by atoms with E-state index in [2.05, 4.69) is 43.8 Å². The molecule has 0 aromatic heterocycles. The van der Waals surface area contributed by atoms with Crippen molar-refractivity contribution in [2.24, 2.45) is 0 Å². The molecule has 1 aromatic rings. The van der Waals surface area contributed by atoms with Crippen LogP contribution < -0.4 is 5.32 Å². The molecule has 5 heteroatoms. The van der Waals surface area contributed by atoms with Crippen molar-refractivity contribution in [3.05, 3.63) is 31.8 Å². The highest BCUT2D eigenvalue weighted by Crippen LogP contribution is 2.20. The molecule has 0 bridgehead atoms. The highest BCUT2D eigenvalue weighted by Gasteiger charge is 2.20. The summed E-state index contributed by atoms with van der Waals surface area (Å²) in [4.78, 5) is 14.3. The number of rotatable bonds is 3. The Hall–Kier alpha value is -0.140. The van der Waals surface area contributed by atoms with Gasteiger partial charge in [0.2, 0.25) is 0 Å². The van der Waals surface area contributed by atoms with E-state index in [1.54, 1.807) is 0 Å². The van der Waals surface area contributed by atoms with Crippen molar-refractivity contribution in [3.63, 3.8) is 0 Å². The van der Waals surface area contributed by atoms with Gasteiger partial charge in [-0.15, -0.1) is 0 Å². The second-order valence-electron chi connectivity index (χ2n) is 4.96. The lowest BCUT2D eigenvalue weighted by Crippen LogP contribution is -2.44. The van der Waals surface area contributed by atoms with Crippen molar-refractivity contribution >= 4 is 44.4 Å². The van der Waals surface area contributed by atoms with Gasteiger partial charge in [0.05, 0.1) is 5.56 Å². The van der Waals surface area contributed by atoms with E-state index in [0.717, 1.165) is 33.1 Å². The molecule has 2 rings (SSSR count). The lowest BCUT2D eigenvalue weighted by atomic mass is 10.0. The quantitative estimate of drug-likeness (QED) is 0.737. The Kier molecular flexibility index (Phi) is 5.65. The summed E-state index contributed by atoms with van der Waals surface area (Å²) in [7, 11) is 1.88. The van der Waals surface area contributed by atoms with Crippen molar-refractivity contribution in [3.8, 4) is 0 Å². The number of nitrogens with zero attached hydrogens (tertiary/aromatic N) is 1. The van der Waals surface area contributed by atoms with E-state index in [0.29, 0.717) is 6.04 Å². The zero-order valence-electron chi connectivity index (χ0n) is 11.0. The summed E-state index contributed by atoms with van der Waals surface area (Å²) in [5.41, 5.74) is 0.772. The van der Waals surface area contributed by atoms with Crippen LogP contribution in [0.25, 0.3) is 0 Å². The molecule has 1 fully saturated rings. The number of nitrogens with one attached hydrogen (secondary N) is 1. The predicted molar refractivity (Wildman–Crippen MR) is 89.5 cm³/mol. The van der Waals surface area contributed by atoms with Crippen LogP contribution in [-0.2, 0) is 0 Å². The molecule has 0 spiro atoms. The van der Waals surface area contributed by atoms with E-state index < -0.39 is 0 Å². The number of hydrogen-bond acceptors (Lipinski definition) is 2. The molecule has 0 aliphatic carbocycles. The van der Waals surface area contributed by atoms with Crippen molar-refractivity contribution in [1.29, 1.82) is 0 Å². The molecule has 19 heavy (non-hydrogen) atoms. The Morgan fingerprint density at radius 1 is 1.53 bits per heavy atom. The molecular weight excluding hydrogens is 419 g/mol. The van der Waals surface area contributed by atoms with E-state index in [9.17, 15) is 4.79 Å². The minimum absolute atomic E-state index is 0.0954. The molecule has 0 saturated carbocycles. The van der Waals surface area contributed by atoms with Crippen LogP contribution in [0.3, 0.4) is 0 Å². The monoisotopic (exact) mass is 436 g/mol. The van der Waals surface area contributed by atoms with Crippen LogP contribution in [0.2, 0.25) is 0 Å². The first-order chi connectivity index (χ1) is 9.08. The standard InChI is InChI=1S/C14H18BrIN2O/c1-18(9-11-4-2-3-7-17-11)14(19)12-8-10(15)5-6-13(12)16/h5-6,8,11,17H,2-4,7,9H2,1H3. The Balaban J connectivity index is 2.03. The molecular formula is C14H18BrIN2O. The van der Waals surface area contributed by atoms with E-state index in [1.165, 1.54) is 12.8 Å². The van der Waals surface area contributed by atoms with Crippen molar-refractivity contribution in [2.45, 2.75) is 25.3 Å². The Morgan fingerprint density at radius 2 is 2.32 bits per heavy atom. The fourth-order valence-corrected chi connectivity index (χ4v) is 3.29. The highest BCUT2D eigenvalue weighted by atomic mass is 127. The second-order valence-corrected chi connectivity index (χ2v) is 7.03. The van der Waals surface area contributed by atoms with Crippen molar-refractivity contribution in [2.75, 3.05) is 20.1 Å². The fourth-order valence-electron chi connectivity index (χ4n) is 2.36. The molecule has 1 amide bonds. The van der Waals surface area contributed by atoms with Crippen molar-refractivity contribution in [1.82, 2.24) is 10.2 Å². The van der Waals surface area contributed by atoms with Gasteiger partial charge < -0.3 is 10.2 Å². The van der Waals surface area contributed by atoms with E-state index in [-0.39, 0.29) is 5.91 Å². The number of benzene rings is 1. The molecule has 3 nitrogen and oxygen atoms in total. The van der Waals surface area contributed by atoms with Gasteiger partial charge in [-0.1, -0.05) is 22.4 Å².